The van der Waals surface area contributed by atoms with Gasteiger partial charge in [0.05, 0.1) is 29.3 Å². The maximum absolute atomic E-state index is 13.2. The van der Waals surface area contributed by atoms with Crippen LogP contribution in [0.15, 0.2) is 65.1 Å². The van der Waals surface area contributed by atoms with Crippen LogP contribution in [-0.4, -0.2) is 58.8 Å². The number of nitrogens with zero attached hydrogens (tertiary/aromatic N) is 5. The molecule has 0 bridgehead atoms. The first-order valence-electron chi connectivity index (χ1n) is 10.8. The molecule has 3 heterocycles. The molecule has 1 atom stereocenters. The van der Waals surface area contributed by atoms with E-state index in [1.807, 2.05) is 0 Å². The number of rotatable bonds is 10. The Hall–Kier alpha value is -3.77. The predicted octanol–water partition coefficient (Wildman–Crippen LogP) is 3.16. The van der Waals surface area contributed by atoms with E-state index in [-0.39, 0.29) is 29.4 Å². The molecule has 0 radical (unpaired) electrons. The zero-order valence-corrected chi connectivity index (χ0v) is 20.9. The molecule has 0 aliphatic heterocycles. The molecule has 4 aromatic rings. The lowest BCUT2D eigenvalue weighted by molar-refractivity contribution is 0.278. The zero-order chi connectivity index (χ0) is 25.9. The average Bonchev–Trinajstić information content (AvgIpc) is 3.32. The van der Waals surface area contributed by atoms with E-state index in [0.29, 0.717) is 27.5 Å². The van der Waals surface area contributed by atoms with E-state index in [1.165, 1.54) is 35.6 Å². The van der Waals surface area contributed by atoms with Gasteiger partial charge in [0.15, 0.2) is 21.3 Å². The summed E-state index contributed by atoms with van der Waals surface area (Å²) in [7, 11) is -1.97. The molecule has 13 heteroatoms. The van der Waals surface area contributed by atoms with Crippen molar-refractivity contribution in [3.05, 3.63) is 75.4 Å². The number of aromatic nitrogens is 4. The van der Waals surface area contributed by atoms with Crippen LogP contribution in [0.1, 0.15) is 6.92 Å². The molecule has 0 N–H and O–H groups in total. The van der Waals surface area contributed by atoms with Crippen LogP contribution in [-0.2, 0) is 9.84 Å². The van der Waals surface area contributed by atoms with Crippen LogP contribution in [0.2, 0.25) is 5.02 Å². The smallest absolute Gasteiger partial charge is 0.282 e. The number of hydrogen-bond donors (Lipinski definition) is 0. The number of fused-ring (bicyclic) bond motifs is 1. The van der Waals surface area contributed by atoms with Gasteiger partial charge in [0.25, 0.3) is 5.56 Å². The van der Waals surface area contributed by atoms with Gasteiger partial charge >= 0.3 is 0 Å². The first kappa shape index (κ1) is 25.3. The molecule has 188 valence electrons. The number of methoxy groups -OCH3 is 1. The van der Waals surface area contributed by atoms with Gasteiger partial charge in [-0.1, -0.05) is 23.7 Å². The van der Waals surface area contributed by atoms with Crippen molar-refractivity contribution in [2.24, 2.45) is 5.18 Å². The number of halogens is 1. The summed E-state index contributed by atoms with van der Waals surface area (Å²) in [6, 6.07) is 8.84. The van der Waals surface area contributed by atoms with Crippen molar-refractivity contribution in [1.29, 1.82) is 0 Å². The second kappa shape index (κ2) is 10.5. The Morgan fingerprint density at radius 2 is 1.97 bits per heavy atom. The van der Waals surface area contributed by atoms with E-state index in [2.05, 4.69) is 15.3 Å². The maximum atomic E-state index is 13.2. The van der Waals surface area contributed by atoms with Crippen molar-refractivity contribution in [3.8, 4) is 28.4 Å². The highest BCUT2D eigenvalue weighted by molar-refractivity contribution is 7.91. The van der Waals surface area contributed by atoms with Crippen LogP contribution in [0.5, 0.6) is 11.5 Å². The van der Waals surface area contributed by atoms with Crippen LogP contribution in [0.4, 0.5) is 0 Å². The maximum Gasteiger partial charge on any atom is 0.282 e. The van der Waals surface area contributed by atoms with E-state index in [1.54, 1.807) is 42.6 Å². The van der Waals surface area contributed by atoms with Crippen LogP contribution in [0, 0.1) is 4.91 Å². The molecule has 1 aromatic carbocycles. The fraction of sp³-hybridized carbons (Fsp3) is 0.261. The molecule has 4 rings (SSSR count). The quantitative estimate of drug-likeness (QED) is 0.285. The summed E-state index contributed by atoms with van der Waals surface area (Å²) >= 11 is 5.91. The molecule has 11 nitrogen and oxygen atoms in total. The largest absolute Gasteiger partial charge is 0.493 e. The molecule has 0 saturated heterocycles. The van der Waals surface area contributed by atoms with E-state index < -0.39 is 21.6 Å². The summed E-state index contributed by atoms with van der Waals surface area (Å²) in [5, 5.41) is 7.69. The third kappa shape index (κ3) is 5.39. The lowest BCUT2D eigenvalue weighted by Gasteiger charge is -2.15. The standard InChI is InChI=1S/C23H22ClN5O6S/c1-3-36(32,33)13-17(27-31)12-35-21-7-5-18(9-22(21)34-2)28-14-26-29-11-15(8-20(29)23(28)30)19-6-4-16(24)10-25-19/h4-11,14,17H,3,12-13H2,1-2H3/t17-/m0/s1. The third-order valence-electron chi connectivity index (χ3n) is 5.44. The van der Waals surface area contributed by atoms with Gasteiger partial charge in [0.2, 0.25) is 0 Å². The van der Waals surface area contributed by atoms with Crippen LogP contribution in [0.25, 0.3) is 22.5 Å². The van der Waals surface area contributed by atoms with Crippen molar-refractivity contribution in [2.75, 3.05) is 25.2 Å². The molecule has 36 heavy (non-hydrogen) atoms. The Labute approximate surface area is 211 Å². The number of sulfone groups is 1. The lowest BCUT2D eigenvalue weighted by atomic mass is 10.2. The number of ether oxygens (including phenoxy) is 2. The molecule has 0 aliphatic rings. The minimum absolute atomic E-state index is 0.0937. The highest BCUT2D eigenvalue weighted by Gasteiger charge is 2.20. The minimum atomic E-state index is -3.40. The molecular formula is C23H22ClN5O6S. The van der Waals surface area contributed by atoms with Gasteiger partial charge in [-0.2, -0.15) is 10.0 Å². The van der Waals surface area contributed by atoms with Gasteiger partial charge < -0.3 is 9.47 Å². The Kier molecular flexibility index (Phi) is 7.36. The Bertz CT molecular complexity index is 1570. The summed E-state index contributed by atoms with van der Waals surface area (Å²) in [6.45, 7) is 1.26. The van der Waals surface area contributed by atoms with Crippen LogP contribution < -0.4 is 15.0 Å². The minimum Gasteiger partial charge on any atom is -0.493 e. The summed E-state index contributed by atoms with van der Waals surface area (Å²) in [4.78, 5) is 28.6. The van der Waals surface area contributed by atoms with Crippen molar-refractivity contribution < 1.29 is 17.9 Å². The first-order chi connectivity index (χ1) is 17.2. The highest BCUT2D eigenvalue weighted by Crippen LogP contribution is 2.29. The van der Waals surface area contributed by atoms with Gasteiger partial charge in [-0.05, 0) is 30.3 Å². The number of hydrogen-bond acceptors (Lipinski definition) is 9. The fourth-order valence-electron chi connectivity index (χ4n) is 3.49. The number of benzene rings is 1. The van der Waals surface area contributed by atoms with E-state index in [4.69, 9.17) is 21.1 Å². The summed E-state index contributed by atoms with van der Waals surface area (Å²) < 4.78 is 37.4. The second-order valence-corrected chi connectivity index (χ2v) is 10.7. The molecule has 0 fully saturated rings. The Morgan fingerprint density at radius 1 is 1.17 bits per heavy atom. The highest BCUT2D eigenvalue weighted by atomic mass is 35.5. The lowest BCUT2D eigenvalue weighted by Crippen LogP contribution is -2.26. The molecule has 0 aliphatic carbocycles. The second-order valence-electron chi connectivity index (χ2n) is 7.83. The van der Waals surface area contributed by atoms with Crippen LogP contribution in [0.3, 0.4) is 0 Å². The Morgan fingerprint density at radius 3 is 2.64 bits per heavy atom. The summed E-state index contributed by atoms with van der Waals surface area (Å²) in [5.41, 5.74) is 1.83. The van der Waals surface area contributed by atoms with Gasteiger partial charge in [-0.3, -0.25) is 14.3 Å². The topological polar surface area (TPSA) is 134 Å². The molecule has 0 amide bonds. The predicted molar refractivity (Wildman–Crippen MR) is 135 cm³/mol. The molecule has 0 saturated carbocycles. The Balaban J connectivity index is 1.61. The molecule has 3 aromatic heterocycles. The van der Waals surface area contributed by atoms with E-state index in [9.17, 15) is 18.1 Å². The van der Waals surface area contributed by atoms with Crippen molar-refractivity contribution >= 4 is 27.0 Å². The van der Waals surface area contributed by atoms with Gasteiger partial charge in [-0.25, -0.2) is 12.9 Å². The van der Waals surface area contributed by atoms with Crippen LogP contribution >= 0.6 is 11.6 Å². The molecule has 0 unspecified atom stereocenters. The van der Waals surface area contributed by atoms with E-state index in [0.717, 1.165) is 0 Å². The van der Waals surface area contributed by atoms with Gasteiger partial charge in [-0.15, -0.1) is 0 Å². The van der Waals surface area contributed by atoms with Gasteiger partial charge in [0.1, 0.15) is 24.5 Å². The summed E-state index contributed by atoms with van der Waals surface area (Å²) in [6.07, 6.45) is 4.60. The van der Waals surface area contributed by atoms with Gasteiger partial charge in [0, 0.05) is 29.8 Å². The van der Waals surface area contributed by atoms with E-state index >= 15 is 0 Å². The SMILES string of the molecule is CCS(=O)(=O)C[C@H](COc1ccc(-n2cnn3cc(-c4ccc(Cl)cn4)cc3c2=O)cc1OC)N=O. The molecular weight excluding hydrogens is 510 g/mol. The van der Waals surface area contributed by atoms with Crippen molar-refractivity contribution in [2.45, 2.75) is 13.0 Å². The molecule has 0 spiro atoms. The first-order valence-corrected chi connectivity index (χ1v) is 13.0. The zero-order valence-electron chi connectivity index (χ0n) is 19.4. The number of nitroso groups, excluding NO2 is 1. The fourth-order valence-corrected chi connectivity index (χ4v) is 4.58. The monoisotopic (exact) mass is 531 g/mol. The average molecular weight is 532 g/mol. The summed E-state index contributed by atoms with van der Waals surface area (Å²) in [5.74, 6) is 0.0523. The third-order valence-corrected chi connectivity index (χ3v) is 7.44. The number of pyridine rings is 1. The normalized spacial score (nSPS) is 12.4. The van der Waals surface area contributed by atoms with Crippen molar-refractivity contribution in [1.82, 2.24) is 19.2 Å². The van der Waals surface area contributed by atoms with Crippen molar-refractivity contribution in [3.63, 3.8) is 0 Å².